The van der Waals surface area contributed by atoms with Crippen molar-refractivity contribution in [2.45, 2.75) is 20.0 Å². The number of aryl methyl sites for hydroxylation is 1. The predicted octanol–water partition coefficient (Wildman–Crippen LogP) is 3.84. The third-order valence-corrected chi connectivity index (χ3v) is 3.67. The van der Waals surface area contributed by atoms with E-state index < -0.39 is 18.0 Å². The number of hydrogen-bond acceptors (Lipinski definition) is 4. The molecule has 2 aromatic carbocycles. The minimum Gasteiger partial charge on any atom is -0.495 e. The second kappa shape index (κ2) is 7.84. The number of methoxy groups -OCH3 is 1. The number of carbonyl (C=O) groups excluding carboxylic acids is 2. The van der Waals surface area contributed by atoms with E-state index in [1.54, 1.807) is 43.3 Å². The summed E-state index contributed by atoms with van der Waals surface area (Å²) in [6.07, 6.45) is -0.971. The van der Waals surface area contributed by atoms with Crippen LogP contribution in [0, 0.1) is 6.92 Å². The maximum absolute atomic E-state index is 12.3. The van der Waals surface area contributed by atoms with Gasteiger partial charge in [0.25, 0.3) is 5.91 Å². The van der Waals surface area contributed by atoms with Crippen molar-refractivity contribution in [3.63, 3.8) is 0 Å². The normalized spacial score (nSPS) is 11.5. The van der Waals surface area contributed by atoms with Crippen molar-refractivity contribution < 1.29 is 19.1 Å². The first-order chi connectivity index (χ1) is 11.4. The van der Waals surface area contributed by atoms with Gasteiger partial charge < -0.3 is 14.8 Å². The Morgan fingerprint density at radius 2 is 1.88 bits per heavy atom. The molecule has 0 radical (unpaired) electrons. The first-order valence-electron chi connectivity index (χ1n) is 7.33. The van der Waals surface area contributed by atoms with Crippen LogP contribution in [-0.4, -0.2) is 25.1 Å². The first-order valence-corrected chi connectivity index (χ1v) is 7.71. The van der Waals surface area contributed by atoms with Crippen molar-refractivity contribution >= 4 is 29.2 Å². The number of nitrogens with one attached hydrogen (secondary N) is 1. The fraction of sp³-hybridized carbons (Fsp3) is 0.222. The van der Waals surface area contributed by atoms with E-state index in [9.17, 15) is 9.59 Å². The Labute approximate surface area is 145 Å². The Kier molecular flexibility index (Phi) is 5.82. The summed E-state index contributed by atoms with van der Waals surface area (Å²) in [5, 5.41) is 3.10. The van der Waals surface area contributed by atoms with Gasteiger partial charge in [0, 0.05) is 5.02 Å². The first kappa shape index (κ1) is 17.8. The smallest absolute Gasteiger partial charge is 0.339 e. The maximum atomic E-state index is 12.3. The fourth-order valence-electron chi connectivity index (χ4n) is 2.09. The van der Waals surface area contributed by atoms with Gasteiger partial charge in [-0.15, -0.1) is 0 Å². The molecule has 5 nitrogen and oxygen atoms in total. The van der Waals surface area contributed by atoms with Crippen LogP contribution >= 0.6 is 11.6 Å². The summed E-state index contributed by atoms with van der Waals surface area (Å²) >= 11 is 5.93. The highest BCUT2D eigenvalue weighted by molar-refractivity contribution is 6.31. The topological polar surface area (TPSA) is 64.6 Å². The summed E-state index contributed by atoms with van der Waals surface area (Å²) in [6, 6.07) is 11.9. The molecule has 2 rings (SSSR count). The van der Waals surface area contributed by atoms with E-state index in [0.717, 1.165) is 5.56 Å². The van der Waals surface area contributed by atoms with Crippen LogP contribution in [0.2, 0.25) is 5.02 Å². The van der Waals surface area contributed by atoms with Gasteiger partial charge in [0.15, 0.2) is 6.10 Å². The maximum Gasteiger partial charge on any atom is 0.339 e. The van der Waals surface area contributed by atoms with E-state index in [0.29, 0.717) is 22.0 Å². The molecule has 0 bridgehead atoms. The summed E-state index contributed by atoms with van der Waals surface area (Å²) in [4.78, 5) is 24.4. The Bertz CT molecular complexity index is 760. The molecule has 0 aromatic heterocycles. The Hall–Kier alpha value is -2.53. The molecule has 1 atom stereocenters. The molecule has 1 N–H and O–H groups in total. The van der Waals surface area contributed by atoms with E-state index >= 15 is 0 Å². The minimum absolute atomic E-state index is 0.411. The lowest BCUT2D eigenvalue weighted by Crippen LogP contribution is -2.30. The van der Waals surface area contributed by atoms with E-state index in [1.807, 2.05) is 6.07 Å². The van der Waals surface area contributed by atoms with E-state index in [4.69, 9.17) is 21.1 Å². The van der Waals surface area contributed by atoms with Gasteiger partial charge in [-0.25, -0.2) is 4.79 Å². The average Bonchev–Trinajstić information content (AvgIpc) is 2.55. The molecule has 0 aliphatic rings. The zero-order valence-electron chi connectivity index (χ0n) is 13.6. The summed E-state index contributed by atoms with van der Waals surface area (Å²) < 4.78 is 10.4. The molecular weight excluding hydrogens is 330 g/mol. The number of amides is 1. The molecule has 0 aliphatic heterocycles. The molecule has 126 valence electrons. The van der Waals surface area contributed by atoms with Gasteiger partial charge in [0.05, 0.1) is 18.4 Å². The van der Waals surface area contributed by atoms with Crippen LogP contribution in [0.15, 0.2) is 42.5 Å². The van der Waals surface area contributed by atoms with Crippen LogP contribution in [0.1, 0.15) is 22.8 Å². The van der Waals surface area contributed by atoms with Crippen LogP contribution in [0.5, 0.6) is 5.75 Å². The monoisotopic (exact) mass is 347 g/mol. The molecule has 0 fully saturated rings. The zero-order chi connectivity index (χ0) is 17.7. The largest absolute Gasteiger partial charge is 0.495 e. The zero-order valence-corrected chi connectivity index (χ0v) is 14.4. The highest BCUT2D eigenvalue weighted by Crippen LogP contribution is 2.27. The molecule has 0 heterocycles. The third-order valence-electron chi connectivity index (χ3n) is 3.44. The van der Waals surface area contributed by atoms with Gasteiger partial charge in [0.1, 0.15) is 5.75 Å². The number of hydrogen-bond donors (Lipinski definition) is 1. The molecule has 1 amide bonds. The van der Waals surface area contributed by atoms with Gasteiger partial charge in [-0.2, -0.15) is 0 Å². The van der Waals surface area contributed by atoms with Crippen molar-refractivity contribution in [1.82, 2.24) is 0 Å². The number of benzene rings is 2. The Morgan fingerprint density at radius 3 is 2.54 bits per heavy atom. The van der Waals surface area contributed by atoms with Crippen LogP contribution < -0.4 is 10.1 Å². The number of esters is 1. The lowest BCUT2D eigenvalue weighted by atomic mass is 10.1. The highest BCUT2D eigenvalue weighted by atomic mass is 35.5. The Morgan fingerprint density at radius 1 is 1.17 bits per heavy atom. The molecule has 0 unspecified atom stereocenters. The van der Waals surface area contributed by atoms with Crippen molar-refractivity contribution in [3.8, 4) is 5.75 Å². The molecule has 0 saturated carbocycles. The Balaban J connectivity index is 2.06. The second-order valence-corrected chi connectivity index (χ2v) is 5.63. The second-order valence-electron chi connectivity index (χ2n) is 5.20. The van der Waals surface area contributed by atoms with Gasteiger partial charge in [-0.1, -0.05) is 29.8 Å². The molecule has 2 aromatic rings. The molecule has 6 heteroatoms. The van der Waals surface area contributed by atoms with Crippen LogP contribution in [-0.2, 0) is 9.53 Å². The number of rotatable bonds is 5. The van der Waals surface area contributed by atoms with Crippen molar-refractivity contribution in [2.75, 3.05) is 12.4 Å². The van der Waals surface area contributed by atoms with Gasteiger partial charge in [-0.3, -0.25) is 4.79 Å². The summed E-state index contributed by atoms with van der Waals surface area (Å²) in [5.41, 5.74) is 1.62. The number of anilines is 1. The standard InChI is InChI=1S/C18H18ClNO4/c1-11-6-4-5-7-14(11)18(22)24-12(2)17(21)20-15-10-13(19)8-9-16(15)23-3/h4-10,12H,1-3H3,(H,20,21)/t12-/m1/s1. The van der Waals surface area contributed by atoms with Crippen LogP contribution in [0.25, 0.3) is 0 Å². The highest BCUT2D eigenvalue weighted by Gasteiger charge is 2.21. The van der Waals surface area contributed by atoms with E-state index in [-0.39, 0.29) is 0 Å². The fourth-order valence-corrected chi connectivity index (χ4v) is 2.26. The summed E-state index contributed by atoms with van der Waals surface area (Å²) in [7, 11) is 1.49. The molecule has 0 saturated heterocycles. The third kappa shape index (κ3) is 4.26. The van der Waals surface area contributed by atoms with E-state index in [1.165, 1.54) is 14.0 Å². The molecular formula is C18H18ClNO4. The van der Waals surface area contributed by atoms with Gasteiger partial charge >= 0.3 is 5.97 Å². The lowest BCUT2D eigenvalue weighted by molar-refractivity contribution is -0.123. The van der Waals surface area contributed by atoms with Gasteiger partial charge in [0.2, 0.25) is 0 Å². The lowest BCUT2D eigenvalue weighted by Gasteiger charge is -2.16. The SMILES string of the molecule is COc1ccc(Cl)cc1NC(=O)[C@@H](C)OC(=O)c1ccccc1C. The molecule has 0 aliphatic carbocycles. The quantitative estimate of drug-likeness (QED) is 0.834. The van der Waals surface area contributed by atoms with Crippen LogP contribution in [0.3, 0.4) is 0 Å². The molecule has 0 spiro atoms. The van der Waals surface area contributed by atoms with Crippen molar-refractivity contribution in [1.29, 1.82) is 0 Å². The van der Waals surface area contributed by atoms with Crippen molar-refractivity contribution in [2.24, 2.45) is 0 Å². The number of ether oxygens (including phenoxy) is 2. The van der Waals surface area contributed by atoms with Gasteiger partial charge in [-0.05, 0) is 43.7 Å². The number of halogens is 1. The van der Waals surface area contributed by atoms with Crippen LogP contribution in [0.4, 0.5) is 5.69 Å². The predicted molar refractivity (Wildman–Crippen MR) is 92.7 cm³/mol. The average molecular weight is 348 g/mol. The minimum atomic E-state index is -0.971. The number of carbonyl (C=O) groups is 2. The summed E-state index contributed by atoms with van der Waals surface area (Å²) in [6.45, 7) is 3.31. The van der Waals surface area contributed by atoms with E-state index in [2.05, 4.69) is 5.32 Å². The van der Waals surface area contributed by atoms with Crippen molar-refractivity contribution in [3.05, 3.63) is 58.6 Å². The summed E-state index contributed by atoms with van der Waals surface area (Å²) in [5.74, 6) is -0.559. The molecule has 24 heavy (non-hydrogen) atoms.